The third-order valence-electron chi connectivity index (χ3n) is 23.2. The Morgan fingerprint density at radius 1 is 0.818 bits per heavy atom. The number of allylic oxidation sites excluding steroid dienone is 1. The Kier molecular flexibility index (Phi) is 20.5. The second-order valence-electron chi connectivity index (χ2n) is 28.2. The minimum atomic E-state index is -4.72. The SMILES string of the molecule is C=C(CCCC(=O)[C@H](C)[C@@H](CO)C1CCCN1C(=O)C[C@@H](CO)[C@H](CC)N(C)C(=O)[C@@H](NC(=O)[C@H](C(C)C)N(C)C)C(C)C)[C@@H]1CC[C@]2(COP(=O)(O)O)CC[C@]3(C)C(CCC4[C@@]5(C)CC[C@H](O)C(C)(C)[C@@H]5CC[C@]43C)[C@@H]12. The highest BCUT2D eigenvalue weighted by Gasteiger charge is 2.71. The summed E-state index contributed by atoms with van der Waals surface area (Å²) in [6, 6.07) is -2.07. The van der Waals surface area contributed by atoms with Crippen molar-refractivity contribution in [2.24, 2.45) is 86.3 Å². The summed E-state index contributed by atoms with van der Waals surface area (Å²) in [6.07, 6.45) is 12.8. The van der Waals surface area contributed by atoms with E-state index in [1.807, 2.05) is 60.5 Å². The average Bonchev–Trinajstić information content (AvgIpc) is 4.11. The van der Waals surface area contributed by atoms with E-state index in [2.05, 4.69) is 39.9 Å². The highest BCUT2D eigenvalue weighted by Crippen LogP contribution is 2.78. The van der Waals surface area contributed by atoms with Crippen molar-refractivity contribution in [3.63, 3.8) is 0 Å². The number of fused-ring (bicyclic) bond motifs is 7. The van der Waals surface area contributed by atoms with Gasteiger partial charge in [-0.2, -0.15) is 0 Å². The predicted octanol–water partition coefficient (Wildman–Crippen LogP) is 9.03. The molecule has 3 unspecified atom stereocenters. The second-order valence-corrected chi connectivity index (χ2v) is 29.4. The number of ketones is 1. The van der Waals surface area contributed by atoms with E-state index in [0.717, 1.165) is 76.2 Å². The molecule has 442 valence electrons. The van der Waals surface area contributed by atoms with Gasteiger partial charge in [-0.3, -0.25) is 28.6 Å². The molecule has 5 aliphatic carbocycles. The molecule has 0 aromatic rings. The normalized spacial score (nSPS) is 35.2. The van der Waals surface area contributed by atoms with Crippen LogP contribution in [0.2, 0.25) is 0 Å². The van der Waals surface area contributed by atoms with Crippen molar-refractivity contribution in [1.29, 1.82) is 0 Å². The quantitative estimate of drug-likeness (QED) is 0.0394. The fourth-order valence-corrected chi connectivity index (χ4v) is 19.2. The Hall–Kier alpha value is -2.23. The Morgan fingerprint density at radius 3 is 2.08 bits per heavy atom. The maximum absolute atomic E-state index is 14.3. The first-order chi connectivity index (χ1) is 35.8. The number of nitrogens with zero attached hydrogens (tertiary/aromatic N) is 3. The maximum atomic E-state index is 14.3. The third-order valence-corrected chi connectivity index (χ3v) is 23.7. The molecule has 0 aromatic carbocycles. The number of Topliss-reactive ketones (excluding diaryl/α,β-unsaturated/α-hetero) is 1. The van der Waals surface area contributed by atoms with Gasteiger partial charge in [0.05, 0.1) is 18.8 Å². The standard InChI is InChI=1S/C61H107N4O11P/c1-16-45(64(15)56(72)53(37(2)3)62-55(71)54(38(4)5)63(13)14)41(34-66)33-51(70)65-32-18-20-46(65)43(35-67)40(7)47(68)21-17-19-39(6)42-24-29-61(36-76-77(73,74)75)31-30-59(11)44(52(42)61)22-23-49-58(10)27-26-50(69)57(8,9)48(58)25-28-60(49,59)12/h37-38,40-46,48-50,52-54,66-67,69H,6,16-36H2,1-5,7-15H3,(H,62,71)(H2,73,74,75)/t40-,41+,42+,43-,44?,45+,46?,48+,49?,50+,52-,53+,54+,58+,59-,60-,61-/m1/s1. The van der Waals surface area contributed by atoms with Gasteiger partial charge < -0.3 is 40.2 Å². The van der Waals surface area contributed by atoms with Crippen molar-refractivity contribution in [3.8, 4) is 0 Å². The number of aliphatic hydroxyl groups is 3. The maximum Gasteiger partial charge on any atom is 0.469 e. The zero-order valence-corrected chi connectivity index (χ0v) is 51.1. The minimum absolute atomic E-state index is 0.00365. The lowest BCUT2D eigenvalue weighted by Crippen LogP contribution is -2.66. The lowest BCUT2D eigenvalue weighted by molar-refractivity contribution is -0.249. The number of carbonyl (C=O) groups excluding carboxylic acids is 4. The van der Waals surface area contributed by atoms with Crippen LogP contribution in [0.15, 0.2) is 12.2 Å². The molecule has 77 heavy (non-hydrogen) atoms. The van der Waals surface area contributed by atoms with E-state index in [-0.39, 0.29) is 113 Å². The number of hydrogen-bond donors (Lipinski definition) is 6. The smallest absolute Gasteiger partial charge is 0.396 e. The van der Waals surface area contributed by atoms with Crippen LogP contribution in [0.1, 0.15) is 185 Å². The van der Waals surface area contributed by atoms with Crippen LogP contribution in [0.4, 0.5) is 0 Å². The lowest BCUT2D eigenvalue weighted by atomic mass is 9.32. The summed E-state index contributed by atoms with van der Waals surface area (Å²) in [7, 11) is 0.641. The van der Waals surface area contributed by atoms with Crippen molar-refractivity contribution in [1.82, 2.24) is 20.0 Å². The highest BCUT2D eigenvalue weighted by molar-refractivity contribution is 7.46. The topological polar surface area (TPSA) is 217 Å². The van der Waals surface area contributed by atoms with Crippen molar-refractivity contribution < 1.29 is 53.4 Å². The number of phosphoric ester groups is 1. The molecular formula is C61H107N4O11P. The molecule has 15 nitrogen and oxygen atoms in total. The largest absolute Gasteiger partial charge is 0.469 e. The van der Waals surface area contributed by atoms with Gasteiger partial charge in [-0.25, -0.2) is 4.57 Å². The summed E-state index contributed by atoms with van der Waals surface area (Å²) in [5.41, 5.74) is 0.748. The van der Waals surface area contributed by atoms with Crippen LogP contribution in [0, 0.1) is 86.3 Å². The van der Waals surface area contributed by atoms with Crippen LogP contribution in [-0.2, 0) is 28.3 Å². The molecule has 6 aliphatic rings. The summed E-state index contributed by atoms with van der Waals surface area (Å²) in [6.45, 7) is 28.3. The van der Waals surface area contributed by atoms with E-state index >= 15 is 0 Å². The summed E-state index contributed by atoms with van der Waals surface area (Å²) in [5, 5.41) is 36.0. The first kappa shape index (κ1) is 63.9. The van der Waals surface area contributed by atoms with Crippen LogP contribution in [-0.4, -0.2) is 141 Å². The first-order valence-corrected chi connectivity index (χ1v) is 31.7. The highest BCUT2D eigenvalue weighted by atomic mass is 31.2. The zero-order chi connectivity index (χ0) is 57.5. The molecule has 6 rings (SSSR count). The number of rotatable bonds is 24. The predicted molar refractivity (Wildman–Crippen MR) is 302 cm³/mol. The van der Waals surface area contributed by atoms with Gasteiger partial charge >= 0.3 is 7.82 Å². The molecule has 5 saturated carbocycles. The van der Waals surface area contributed by atoms with Crippen molar-refractivity contribution >= 4 is 31.3 Å². The third kappa shape index (κ3) is 12.3. The number of phosphoric acid groups is 1. The number of likely N-dealkylation sites (N-methyl/N-ethyl adjacent to an activating group) is 2. The van der Waals surface area contributed by atoms with Crippen LogP contribution in [0.5, 0.6) is 0 Å². The molecule has 3 amide bonds. The second kappa shape index (κ2) is 24.7. The summed E-state index contributed by atoms with van der Waals surface area (Å²) in [5.74, 6) is -0.884. The van der Waals surface area contributed by atoms with E-state index in [0.29, 0.717) is 56.4 Å². The summed E-state index contributed by atoms with van der Waals surface area (Å²) in [4.78, 5) is 81.5. The van der Waals surface area contributed by atoms with Crippen LogP contribution in [0.3, 0.4) is 0 Å². The molecule has 1 aliphatic heterocycles. The Morgan fingerprint density at radius 2 is 1.49 bits per heavy atom. The van der Waals surface area contributed by atoms with Gasteiger partial charge in [0.2, 0.25) is 17.7 Å². The minimum Gasteiger partial charge on any atom is -0.396 e. The molecule has 0 aromatic heterocycles. The lowest BCUT2D eigenvalue weighted by Gasteiger charge is -2.73. The molecule has 6 fully saturated rings. The van der Waals surface area contributed by atoms with Crippen LogP contribution < -0.4 is 5.32 Å². The van der Waals surface area contributed by atoms with Gasteiger partial charge in [0.1, 0.15) is 11.8 Å². The number of carbonyl (C=O) groups is 4. The monoisotopic (exact) mass is 1100 g/mol. The van der Waals surface area contributed by atoms with Crippen molar-refractivity contribution in [2.75, 3.05) is 47.5 Å². The first-order valence-electron chi connectivity index (χ1n) is 30.1. The molecule has 0 radical (unpaired) electrons. The molecule has 0 spiro atoms. The molecule has 0 bridgehead atoms. The van der Waals surface area contributed by atoms with Gasteiger partial charge in [-0.1, -0.05) is 88.3 Å². The van der Waals surface area contributed by atoms with Gasteiger partial charge in [-0.15, -0.1) is 0 Å². The van der Waals surface area contributed by atoms with E-state index < -0.39 is 43.7 Å². The number of likely N-dealkylation sites (tertiary alicyclic amines) is 1. The van der Waals surface area contributed by atoms with Gasteiger partial charge in [0.25, 0.3) is 0 Å². The molecule has 1 saturated heterocycles. The molecule has 16 heteroatoms. The van der Waals surface area contributed by atoms with Crippen LogP contribution in [0.25, 0.3) is 0 Å². The number of hydrogen-bond acceptors (Lipinski definition) is 10. The fourth-order valence-electron chi connectivity index (χ4n) is 18.8. The van der Waals surface area contributed by atoms with Gasteiger partial charge in [-0.05, 0) is 179 Å². The molecule has 1 heterocycles. The van der Waals surface area contributed by atoms with Crippen molar-refractivity contribution in [2.45, 2.75) is 216 Å². The van der Waals surface area contributed by atoms with Gasteiger partial charge in [0.15, 0.2) is 0 Å². The summed E-state index contributed by atoms with van der Waals surface area (Å²) >= 11 is 0. The van der Waals surface area contributed by atoms with Gasteiger partial charge in [0, 0.05) is 69.5 Å². The zero-order valence-electron chi connectivity index (χ0n) is 50.2. The van der Waals surface area contributed by atoms with E-state index in [4.69, 9.17) is 11.1 Å². The number of amides is 3. The molecule has 6 N–H and O–H groups in total. The average molecular weight is 1100 g/mol. The van der Waals surface area contributed by atoms with Crippen LogP contribution >= 0.6 is 7.82 Å². The fraction of sp³-hybridized carbons (Fsp3) is 0.902. The Balaban J connectivity index is 1.11. The number of aliphatic hydroxyl groups excluding tert-OH is 3. The number of nitrogens with one attached hydrogen (secondary N) is 1. The van der Waals surface area contributed by atoms with E-state index in [1.165, 1.54) is 0 Å². The Bertz CT molecular complexity index is 2140. The summed E-state index contributed by atoms with van der Waals surface area (Å²) < 4.78 is 17.8. The van der Waals surface area contributed by atoms with E-state index in [1.54, 1.807) is 16.8 Å². The Labute approximate surface area is 464 Å². The van der Waals surface area contributed by atoms with Crippen molar-refractivity contribution in [3.05, 3.63) is 12.2 Å². The molecular weight excluding hydrogens is 996 g/mol. The molecule has 17 atom stereocenters. The van der Waals surface area contributed by atoms with E-state index in [9.17, 15) is 48.8 Å².